The number of ether oxygens (including phenoxy) is 2. The summed E-state index contributed by atoms with van der Waals surface area (Å²) in [5, 5.41) is 4.69. The molecule has 0 bridgehead atoms. The summed E-state index contributed by atoms with van der Waals surface area (Å²) in [5.74, 6) is -1.52. The van der Waals surface area contributed by atoms with E-state index in [4.69, 9.17) is 9.47 Å². The molecule has 6 nitrogen and oxygen atoms in total. The average Bonchev–Trinajstić information content (AvgIpc) is 2.77. The third-order valence-electron chi connectivity index (χ3n) is 4.25. The van der Waals surface area contributed by atoms with Gasteiger partial charge in [0.2, 0.25) is 0 Å². The second-order valence-corrected chi connectivity index (χ2v) is 6.36. The number of carbonyl (C=O) groups excluding carboxylic acids is 3. The summed E-state index contributed by atoms with van der Waals surface area (Å²) in [6.07, 6.45) is 2.96. The number of nitrogens with one attached hydrogen (secondary N) is 1. The summed E-state index contributed by atoms with van der Waals surface area (Å²) in [6, 6.07) is 19.9. The van der Waals surface area contributed by atoms with Crippen LogP contribution in [0.4, 0.5) is 5.69 Å². The number of anilines is 1. The lowest BCUT2D eigenvalue weighted by atomic mass is 10.0. The van der Waals surface area contributed by atoms with Crippen LogP contribution in [0.3, 0.4) is 0 Å². The van der Waals surface area contributed by atoms with Gasteiger partial charge in [-0.2, -0.15) is 0 Å². The first-order chi connectivity index (χ1) is 14.6. The number of carbonyl (C=O) groups is 3. The molecule has 0 unspecified atom stereocenters. The van der Waals surface area contributed by atoms with Gasteiger partial charge in [0.1, 0.15) is 0 Å². The van der Waals surface area contributed by atoms with Gasteiger partial charge in [-0.1, -0.05) is 42.5 Å². The van der Waals surface area contributed by atoms with Crippen LogP contribution in [0, 0.1) is 0 Å². The fourth-order valence-electron chi connectivity index (χ4n) is 2.84. The van der Waals surface area contributed by atoms with Gasteiger partial charge in [0.15, 0.2) is 6.61 Å². The van der Waals surface area contributed by atoms with E-state index in [0.717, 1.165) is 16.3 Å². The Kier molecular flexibility index (Phi) is 6.95. The topological polar surface area (TPSA) is 81.7 Å². The van der Waals surface area contributed by atoms with Crippen molar-refractivity contribution in [2.75, 3.05) is 18.5 Å². The van der Waals surface area contributed by atoms with Gasteiger partial charge in [-0.3, -0.25) is 4.79 Å². The van der Waals surface area contributed by atoms with Gasteiger partial charge < -0.3 is 14.8 Å². The maximum Gasteiger partial charge on any atom is 0.338 e. The molecule has 0 saturated heterocycles. The molecule has 0 aliphatic carbocycles. The van der Waals surface area contributed by atoms with Crippen molar-refractivity contribution in [3.63, 3.8) is 0 Å². The summed E-state index contributed by atoms with van der Waals surface area (Å²) >= 11 is 0. The zero-order chi connectivity index (χ0) is 21.3. The van der Waals surface area contributed by atoms with Crippen molar-refractivity contribution in [3.8, 4) is 0 Å². The SMILES string of the molecule is CCOC(=O)c1ccc(NC(=O)COC(=O)/C=C/c2cccc3ccccc23)cc1. The van der Waals surface area contributed by atoms with Crippen LogP contribution < -0.4 is 5.32 Å². The van der Waals surface area contributed by atoms with Gasteiger partial charge in [-0.25, -0.2) is 9.59 Å². The van der Waals surface area contributed by atoms with Crippen LogP contribution >= 0.6 is 0 Å². The van der Waals surface area contributed by atoms with Gasteiger partial charge >= 0.3 is 11.9 Å². The highest BCUT2D eigenvalue weighted by molar-refractivity contribution is 5.97. The molecule has 0 heterocycles. The van der Waals surface area contributed by atoms with Crippen molar-refractivity contribution in [1.29, 1.82) is 0 Å². The fourth-order valence-corrected chi connectivity index (χ4v) is 2.84. The normalized spacial score (nSPS) is 10.7. The molecule has 0 aliphatic rings. The molecule has 0 radical (unpaired) electrons. The van der Waals surface area contributed by atoms with Crippen molar-refractivity contribution < 1.29 is 23.9 Å². The number of hydrogen-bond acceptors (Lipinski definition) is 5. The molecule has 0 aliphatic heterocycles. The lowest BCUT2D eigenvalue weighted by Crippen LogP contribution is -2.20. The Morgan fingerprint density at radius 3 is 2.40 bits per heavy atom. The van der Waals surface area contributed by atoms with Crippen LogP contribution in [-0.2, 0) is 19.1 Å². The number of esters is 2. The molecule has 0 atom stereocenters. The molecule has 30 heavy (non-hydrogen) atoms. The zero-order valence-electron chi connectivity index (χ0n) is 16.5. The number of amides is 1. The van der Waals surface area contributed by atoms with E-state index in [-0.39, 0.29) is 6.61 Å². The molecule has 1 N–H and O–H groups in total. The van der Waals surface area contributed by atoms with Crippen molar-refractivity contribution in [3.05, 3.63) is 83.9 Å². The minimum Gasteiger partial charge on any atom is -0.462 e. The molecule has 3 rings (SSSR count). The zero-order valence-corrected chi connectivity index (χ0v) is 16.5. The molecule has 1 amide bonds. The standard InChI is InChI=1S/C24H21NO5/c1-2-29-24(28)19-10-13-20(14-11-19)25-22(26)16-30-23(27)15-12-18-8-5-7-17-6-3-4-9-21(17)18/h3-15H,2,16H2,1H3,(H,25,26)/b15-12+. The van der Waals surface area contributed by atoms with Crippen molar-refractivity contribution >= 4 is 40.4 Å². The number of hydrogen-bond donors (Lipinski definition) is 1. The van der Waals surface area contributed by atoms with E-state index in [0.29, 0.717) is 11.3 Å². The van der Waals surface area contributed by atoms with E-state index < -0.39 is 24.5 Å². The monoisotopic (exact) mass is 403 g/mol. The summed E-state index contributed by atoms with van der Waals surface area (Å²) in [6.45, 7) is 1.60. The molecule has 0 spiro atoms. The van der Waals surface area contributed by atoms with Gasteiger partial charge in [0.25, 0.3) is 5.91 Å². The molecule has 6 heteroatoms. The van der Waals surface area contributed by atoms with Crippen molar-refractivity contribution in [2.45, 2.75) is 6.92 Å². The van der Waals surface area contributed by atoms with Gasteiger partial charge in [-0.05, 0) is 53.6 Å². The maximum absolute atomic E-state index is 12.0. The summed E-state index contributed by atoms with van der Waals surface area (Å²) in [5.41, 5.74) is 1.76. The lowest BCUT2D eigenvalue weighted by molar-refractivity contribution is -0.142. The molecular formula is C24H21NO5. The molecule has 3 aromatic rings. The first-order valence-corrected chi connectivity index (χ1v) is 9.46. The second-order valence-electron chi connectivity index (χ2n) is 6.36. The summed E-state index contributed by atoms with van der Waals surface area (Å²) in [7, 11) is 0. The van der Waals surface area contributed by atoms with Crippen LogP contribution in [-0.4, -0.2) is 31.1 Å². The highest BCUT2D eigenvalue weighted by Crippen LogP contribution is 2.19. The number of benzene rings is 3. The third-order valence-corrected chi connectivity index (χ3v) is 4.25. The van der Waals surface area contributed by atoms with Gasteiger partial charge in [0.05, 0.1) is 12.2 Å². The lowest BCUT2D eigenvalue weighted by Gasteiger charge is -2.07. The fraction of sp³-hybridized carbons (Fsp3) is 0.125. The predicted molar refractivity (Wildman–Crippen MR) is 115 cm³/mol. The van der Waals surface area contributed by atoms with Crippen LogP contribution in [0.25, 0.3) is 16.8 Å². The van der Waals surface area contributed by atoms with E-state index in [1.54, 1.807) is 37.3 Å². The number of rotatable bonds is 7. The highest BCUT2D eigenvalue weighted by Gasteiger charge is 2.09. The Hall–Kier alpha value is -3.93. The molecule has 152 valence electrons. The Morgan fingerprint density at radius 2 is 1.63 bits per heavy atom. The van der Waals surface area contributed by atoms with Crippen LogP contribution in [0.15, 0.2) is 72.8 Å². The van der Waals surface area contributed by atoms with E-state index in [1.165, 1.54) is 6.08 Å². The van der Waals surface area contributed by atoms with Crippen molar-refractivity contribution in [1.82, 2.24) is 0 Å². The highest BCUT2D eigenvalue weighted by atomic mass is 16.5. The molecule has 0 saturated carbocycles. The first kappa shape index (κ1) is 20.8. The summed E-state index contributed by atoms with van der Waals surface area (Å²) < 4.78 is 9.89. The average molecular weight is 403 g/mol. The molecule has 0 aromatic heterocycles. The van der Waals surface area contributed by atoms with Gasteiger partial charge in [-0.15, -0.1) is 0 Å². The summed E-state index contributed by atoms with van der Waals surface area (Å²) in [4.78, 5) is 35.6. The minimum absolute atomic E-state index is 0.289. The Bertz CT molecular complexity index is 1080. The van der Waals surface area contributed by atoms with E-state index in [2.05, 4.69) is 5.32 Å². The smallest absolute Gasteiger partial charge is 0.338 e. The third kappa shape index (κ3) is 5.54. The molecule has 0 fully saturated rings. The Labute approximate surface area is 174 Å². The predicted octanol–water partition coefficient (Wildman–Crippen LogP) is 4.21. The van der Waals surface area contributed by atoms with Crippen LogP contribution in [0.1, 0.15) is 22.8 Å². The largest absolute Gasteiger partial charge is 0.462 e. The van der Waals surface area contributed by atoms with Crippen molar-refractivity contribution in [2.24, 2.45) is 0 Å². The van der Waals surface area contributed by atoms with E-state index >= 15 is 0 Å². The second kappa shape index (κ2) is 10.0. The van der Waals surface area contributed by atoms with E-state index in [1.807, 2.05) is 42.5 Å². The minimum atomic E-state index is -0.615. The molecule has 3 aromatic carbocycles. The van der Waals surface area contributed by atoms with E-state index in [9.17, 15) is 14.4 Å². The van der Waals surface area contributed by atoms with Crippen LogP contribution in [0.5, 0.6) is 0 Å². The maximum atomic E-state index is 12.0. The molecular weight excluding hydrogens is 382 g/mol. The first-order valence-electron chi connectivity index (χ1n) is 9.46. The van der Waals surface area contributed by atoms with Crippen LogP contribution in [0.2, 0.25) is 0 Å². The van der Waals surface area contributed by atoms with Gasteiger partial charge in [0, 0.05) is 11.8 Å². The quantitative estimate of drug-likeness (QED) is 0.472. The number of fused-ring (bicyclic) bond motifs is 1. The Balaban J connectivity index is 1.51. The Morgan fingerprint density at radius 1 is 0.900 bits per heavy atom.